The molecule has 1 aromatic carbocycles. The number of hydrogen-bond acceptors (Lipinski definition) is 6. The van der Waals surface area contributed by atoms with Crippen molar-refractivity contribution in [2.24, 2.45) is 0 Å². The number of anilines is 3. The van der Waals surface area contributed by atoms with Crippen molar-refractivity contribution in [3.05, 3.63) is 42.1 Å². The molecule has 1 heterocycles. The number of nitrogens with one attached hydrogen (secondary N) is 2. The van der Waals surface area contributed by atoms with Gasteiger partial charge in [-0.1, -0.05) is 6.92 Å². The Balaban J connectivity index is 2.32. The van der Waals surface area contributed by atoms with Gasteiger partial charge in [0.15, 0.2) is 0 Å². The largest absolute Gasteiger partial charge is 0.573 e. The van der Waals surface area contributed by atoms with Crippen LogP contribution < -0.4 is 15.0 Å². The fraction of sp³-hybridized carbons (Fsp3) is 0.333. The van der Waals surface area contributed by atoms with Gasteiger partial charge in [0.1, 0.15) is 11.6 Å². The summed E-state index contributed by atoms with van der Waals surface area (Å²) in [4.78, 5) is 6.09. The van der Waals surface area contributed by atoms with Crippen LogP contribution in [0.2, 0.25) is 0 Å². The number of hydrogen-bond donors (Lipinski definition) is 3. The van der Waals surface area contributed by atoms with E-state index in [4.69, 9.17) is 5.41 Å². The molecule has 0 unspecified atom stereocenters. The molecule has 0 aliphatic heterocycles. The Morgan fingerprint density at radius 3 is 2.48 bits per heavy atom. The van der Waals surface area contributed by atoms with Gasteiger partial charge in [0.05, 0.1) is 17.9 Å². The second kappa shape index (κ2) is 8.72. The quantitative estimate of drug-likeness (QED) is 0.603. The second-order valence-corrected chi connectivity index (χ2v) is 5.73. The maximum Gasteiger partial charge on any atom is 0.573 e. The maximum atomic E-state index is 12.3. The van der Waals surface area contributed by atoms with Crippen LogP contribution in [0.3, 0.4) is 0 Å². The zero-order valence-electron chi connectivity index (χ0n) is 15.0. The molecule has 1 aromatic heterocycles. The topological polar surface area (TPSA) is 81.5 Å². The van der Waals surface area contributed by atoms with Gasteiger partial charge in [-0.05, 0) is 36.8 Å². The molecule has 2 rings (SSSR count). The number of aromatic nitrogens is 1. The summed E-state index contributed by atoms with van der Waals surface area (Å²) in [5.41, 5.74) is 2.16. The third kappa shape index (κ3) is 5.58. The molecule has 9 heteroatoms. The number of halogens is 3. The zero-order chi connectivity index (χ0) is 20.0. The Morgan fingerprint density at radius 1 is 1.26 bits per heavy atom. The van der Waals surface area contributed by atoms with E-state index >= 15 is 0 Å². The summed E-state index contributed by atoms with van der Waals surface area (Å²) in [5.74, 6) is 0.0904. The number of pyridine rings is 1. The summed E-state index contributed by atoms with van der Waals surface area (Å²) in [6.07, 6.45) is -2.71. The lowest BCUT2D eigenvalue weighted by atomic mass is 10.1. The maximum absolute atomic E-state index is 12.3. The number of likely N-dealkylation sites (N-methyl/N-ethyl adjacent to an activating group) is 1. The highest BCUT2D eigenvalue weighted by atomic mass is 19.4. The van der Waals surface area contributed by atoms with Gasteiger partial charge in [0.2, 0.25) is 0 Å². The van der Waals surface area contributed by atoms with Crippen molar-refractivity contribution < 1.29 is 23.0 Å². The number of aliphatic hydroxyl groups is 1. The molecule has 3 N–H and O–H groups in total. The van der Waals surface area contributed by atoms with Crippen LogP contribution in [0.25, 0.3) is 0 Å². The zero-order valence-corrected chi connectivity index (χ0v) is 15.0. The molecule has 0 fully saturated rings. The van der Waals surface area contributed by atoms with E-state index in [-0.39, 0.29) is 12.4 Å². The van der Waals surface area contributed by atoms with E-state index in [0.717, 1.165) is 5.69 Å². The molecule has 0 aliphatic carbocycles. The van der Waals surface area contributed by atoms with Crippen molar-refractivity contribution in [2.45, 2.75) is 19.7 Å². The van der Waals surface area contributed by atoms with E-state index in [9.17, 15) is 18.3 Å². The first-order valence-corrected chi connectivity index (χ1v) is 8.26. The van der Waals surface area contributed by atoms with E-state index in [0.29, 0.717) is 35.7 Å². The number of benzene rings is 1. The van der Waals surface area contributed by atoms with E-state index in [2.05, 4.69) is 15.0 Å². The summed E-state index contributed by atoms with van der Waals surface area (Å²) in [7, 11) is 1.80. The molecule has 2 aromatic rings. The van der Waals surface area contributed by atoms with Crippen molar-refractivity contribution >= 4 is 22.9 Å². The fourth-order valence-electron chi connectivity index (χ4n) is 2.49. The number of rotatable bonds is 8. The molecule has 0 aliphatic rings. The van der Waals surface area contributed by atoms with E-state index in [1.807, 2.05) is 11.8 Å². The predicted molar refractivity (Wildman–Crippen MR) is 98.1 cm³/mol. The molecule has 0 amide bonds. The molecule has 0 bridgehead atoms. The van der Waals surface area contributed by atoms with Gasteiger partial charge >= 0.3 is 6.36 Å². The number of alkyl halides is 3. The molecule has 146 valence electrons. The number of aliphatic hydroxyl groups excluding tert-OH is 1. The summed E-state index contributed by atoms with van der Waals surface area (Å²) in [5, 5.41) is 20.5. The molecule has 0 spiro atoms. The lowest BCUT2D eigenvalue weighted by Gasteiger charge is -2.23. The molecule has 27 heavy (non-hydrogen) atoms. The van der Waals surface area contributed by atoms with Crippen LogP contribution in [-0.4, -0.2) is 42.4 Å². The Hall–Kier alpha value is -2.81. The monoisotopic (exact) mass is 382 g/mol. The van der Waals surface area contributed by atoms with Gasteiger partial charge in [-0.25, -0.2) is 4.98 Å². The van der Waals surface area contributed by atoms with Crippen molar-refractivity contribution in [3.63, 3.8) is 0 Å². The standard InChI is InChI=1S/C18H21F3N4O2/c1-3-14(22)16-15(25(2)10-11-26)8-9-23-17(16)24-12-4-6-13(7-5-12)27-18(19,20)21/h4-9,22,26H,3,10-11H2,1-2H3,(H,23,24). The molecular weight excluding hydrogens is 361 g/mol. The van der Waals surface area contributed by atoms with Crippen LogP contribution >= 0.6 is 0 Å². The van der Waals surface area contributed by atoms with Gasteiger partial charge in [-0.3, -0.25) is 0 Å². The van der Waals surface area contributed by atoms with Crippen LogP contribution in [0.15, 0.2) is 36.5 Å². The van der Waals surface area contributed by atoms with E-state index < -0.39 is 6.36 Å². The highest BCUT2D eigenvalue weighted by molar-refractivity contribution is 6.07. The van der Waals surface area contributed by atoms with E-state index in [1.165, 1.54) is 24.3 Å². The van der Waals surface area contributed by atoms with Crippen molar-refractivity contribution in [1.29, 1.82) is 5.41 Å². The van der Waals surface area contributed by atoms with Gasteiger partial charge < -0.3 is 25.5 Å². The average Bonchev–Trinajstić information content (AvgIpc) is 2.61. The van der Waals surface area contributed by atoms with Crippen LogP contribution in [0, 0.1) is 5.41 Å². The molecule has 6 nitrogen and oxygen atoms in total. The third-order valence-electron chi connectivity index (χ3n) is 3.78. The second-order valence-electron chi connectivity index (χ2n) is 5.73. The SMILES string of the molecule is CCC(=N)c1c(N(C)CCO)ccnc1Nc1ccc(OC(F)(F)F)cc1. The van der Waals surface area contributed by atoms with Gasteiger partial charge in [-0.15, -0.1) is 13.2 Å². The molecule has 0 atom stereocenters. The minimum atomic E-state index is -4.74. The average molecular weight is 382 g/mol. The summed E-state index contributed by atoms with van der Waals surface area (Å²) in [6.45, 7) is 2.19. The Bertz CT molecular complexity index is 779. The smallest absolute Gasteiger partial charge is 0.406 e. The van der Waals surface area contributed by atoms with Crippen molar-refractivity contribution in [1.82, 2.24) is 4.98 Å². The highest BCUT2D eigenvalue weighted by Gasteiger charge is 2.31. The lowest BCUT2D eigenvalue weighted by molar-refractivity contribution is -0.274. The van der Waals surface area contributed by atoms with Crippen LogP contribution in [0.1, 0.15) is 18.9 Å². The van der Waals surface area contributed by atoms with E-state index in [1.54, 1.807) is 19.3 Å². The normalized spacial score (nSPS) is 11.2. The highest BCUT2D eigenvalue weighted by Crippen LogP contribution is 2.30. The van der Waals surface area contributed by atoms with Gasteiger partial charge in [-0.2, -0.15) is 0 Å². The Labute approximate surface area is 155 Å². The summed E-state index contributed by atoms with van der Waals surface area (Å²) < 4.78 is 40.6. The Kier molecular flexibility index (Phi) is 6.62. The first kappa shape index (κ1) is 20.5. The summed E-state index contributed by atoms with van der Waals surface area (Å²) in [6, 6.07) is 7.02. The minimum Gasteiger partial charge on any atom is -0.406 e. The molecule has 0 saturated carbocycles. The third-order valence-corrected chi connectivity index (χ3v) is 3.78. The van der Waals surface area contributed by atoms with Crippen molar-refractivity contribution in [2.75, 3.05) is 30.4 Å². The van der Waals surface area contributed by atoms with Gasteiger partial charge in [0, 0.05) is 31.2 Å². The van der Waals surface area contributed by atoms with Crippen LogP contribution in [0.5, 0.6) is 5.75 Å². The molecular formula is C18H21F3N4O2. The first-order chi connectivity index (χ1) is 12.7. The number of ether oxygens (including phenoxy) is 1. The molecule has 0 saturated heterocycles. The fourth-order valence-corrected chi connectivity index (χ4v) is 2.49. The lowest BCUT2D eigenvalue weighted by Crippen LogP contribution is -2.24. The summed E-state index contributed by atoms with van der Waals surface area (Å²) >= 11 is 0. The number of nitrogens with zero attached hydrogens (tertiary/aromatic N) is 2. The van der Waals surface area contributed by atoms with Crippen molar-refractivity contribution in [3.8, 4) is 5.75 Å². The van der Waals surface area contributed by atoms with Crippen LogP contribution in [0.4, 0.5) is 30.4 Å². The Morgan fingerprint density at radius 2 is 1.93 bits per heavy atom. The first-order valence-electron chi connectivity index (χ1n) is 8.26. The molecule has 0 radical (unpaired) electrons. The van der Waals surface area contributed by atoms with Crippen LogP contribution in [-0.2, 0) is 0 Å². The van der Waals surface area contributed by atoms with Gasteiger partial charge in [0.25, 0.3) is 0 Å². The predicted octanol–water partition coefficient (Wildman–Crippen LogP) is 3.93. The minimum absolute atomic E-state index is 0.0405.